The fraction of sp³-hybridized carbons (Fsp3) is 0.194. The topological polar surface area (TPSA) is 118 Å². The Labute approximate surface area is 230 Å². The predicted octanol–water partition coefficient (Wildman–Crippen LogP) is 5.08. The highest BCUT2D eigenvalue weighted by Gasteiger charge is 2.34. The molecule has 0 saturated heterocycles. The number of fused-ring (bicyclic) bond motifs is 1. The number of carboxylic acids is 1. The lowest BCUT2D eigenvalue weighted by atomic mass is 9.95. The normalized spacial score (nSPS) is 14.6. The van der Waals surface area contributed by atoms with Gasteiger partial charge in [-0.15, -0.1) is 0 Å². The minimum absolute atomic E-state index is 0.123. The zero-order valence-corrected chi connectivity index (χ0v) is 22.0. The van der Waals surface area contributed by atoms with E-state index in [0.29, 0.717) is 29.4 Å². The fourth-order valence-corrected chi connectivity index (χ4v) is 4.71. The highest BCUT2D eigenvalue weighted by molar-refractivity contribution is 6.05. The Morgan fingerprint density at radius 3 is 2.40 bits per heavy atom. The maximum atomic E-state index is 13.5. The number of rotatable bonds is 9. The van der Waals surface area contributed by atoms with E-state index in [0.717, 1.165) is 27.5 Å². The number of nitrogens with zero attached hydrogens (tertiary/aromatic N) is 2. The number of carbonyl (C=O) groups excluding carboxylic acids is 1. The van der Waals surface area contributed by atoms with Crippen LogP contribution in [0.1, 0.15) is 29.2 Å². The largest absolute Gasteiger partial charge is 0.508 e. The number of hydrogen-bond donors (Lipinski definition) is 2. The van der Waals surface area contributed by atoms with Crippen LogP contribution in [0.2, 0.25) is 0 Å². The molecular weight excluding hydrogens is 512 g/mol. The van der Waals surface area contributed by atoms with Gasteiger partial charge in [-0.2, -0.15) is 5.10 Å². The standard InChI is InChI=1S/C31H28N2O7/c1-19-13-29(40-18-31(36)37)28(38-2)15-25(19)26-16-27(21-7-10-23(34)11-8-21)33(32-26)30(35)17-39-24-12-9-20-5-3-4-6-22(20)14-24/h3-15,27,34H,16-18H2,1-2H3,(H,36,37)/t27-/m1/s1. The fourth-order valence-electron chi connectivity index (χ4n) is 4.71. The van der Waals surface area contributed by atoms with Crippen LogP contribution in [0.25, 0.3) is 10.8 Å². The number of carbonyl (C=O) groups is 2. The molecule has 0 fully saturated rings. The summed E-state index contributed by atoms with van der Waals surface area (Å²) in [6.45, 7) is 1.14. The third-order valence-electron chi connectivity index (χ3n) is 6.70. The molecular formula is C31H28N2O7. The Kier molecular flexibility index (Phi) is 7.54. The highest BCUT2D eigenvalue weighted by atomic mass is 16.5. The number of ether oxygens (including phenoxy) is 3. The van der Waals surface area contributed by atoms with Crippen molar-refractivity contribution in [2.75, 3.05) is 20.3 Å². The van der Waals surface area contributed by atoms with Crippen LogP contribution in [0.5, 0.6) is 23.0 Å². The lowest BCUT2D eigenvalue weighted by Crippen LogP contribution is -2.31. The minimum Gasteiger partial charge on any atom is -0.508 e. The van der Waals surface area contributed by atoms with Gasteiger partial charge >= 0.3 is 5.97 Å². The van der Waals surface area contributed by atoms with Gasteiger partial charge in [0.05, 0.1) is 18.9 Å². The van der Waals surface area contributed by atoms with Gasteiger partial charge in [-0.1, -0.05) is 42.5 Å². The van der Waals surface area contributed by atoms with Crippen LogP contribution < -0.4 is 14.2 Å². The number of hydrazone groups is 1. The van der Waals surface area contributed by atoms with E-state index in [1.807, 2.05) is 49.4 Å². The smallest absolute Gasteiger partial charge is 0.341 e. The zero-order valence-electron chi connectivity index (χ0n) is 22.0. The second kappa shape index (κ2) is 11.4. The van der Waals surface area contributed by atoms with E-state index in [2.05, 4.69) is 0 Å². The lowest BCUT2D eigenvalue weighted by molar-refractivity contribution is -0.139. The summed E-state index contributed by atoms with van der Waals surface area (Å²) in [5, 5.41) is 27.0. The molecule has 0 spiro atoms. The average molecular weight is 541 g/mol. The number of aryl methyl sites for hydroxylation is 1. The van der Waals surface area contributed by atoms with Crippen LogP contribution in [0, 0.1) is 6.92 Å². The number of carboxylic acid groups (broad SMARTS) is 1. The maximum Gasteiger partial charge on any atom is 0.341 e. The summed E-state index contributed by atoms with van der Waals surface area (Å²) < 4.78 is 16.7. The van der Waals surface area contributed by atoms with E-state index < -0.39 is 18.6 Å². The first-order valence-corrected chi connectivity index (χ1v) is 12.7. The van der Waals surface area contributed by atoms with Crippen molar-refractivity contribution in [1.29, 1.82) is 0 Å². The van der Waals surface area contributed by atoms with Crippen molar-refractivity contribution in [1.82, 2.24) is 5.01 Å². The molecule has 0 aliphatic carbocycles. The minimum atomic E-state index is -1.10. The molecule has 0 saturated carbocycles. The highest BCUT2D eigenvalue weighted by Crippen LogP contribution is 2.37. The van der Waals surface area contributed by atoms with Crippen molar-refractivity contribution >= 4 is 28.4 Å². The van der Waals surface area contributed by atoms with Crippen molar-refractivity contribution < 1.29 is 34.0 Å². The summed E-state index contributed by atoms with van der Waals surface area (Å²) in [5.41, 5.74) is 2.99. The van der Waals surface area contributed by atoms with Crippen LogP contribution in [0.15, 0.2) is 84.0 Å². The van der Waals surface area contributed by atoms with Crippen molar-refractivity contribution in [3.8, 4) is 23.0 Å². The molecule has 40 heavy (non-hydrogen) atoms. The number of phenols is 1. The average Bonchev–Trinajstić information content (AvgIpc) is 3.40. The summed E-state index contributed by atoms with van der Waals surface area (Å²) in [6, 6.07) is 23.3. The van der Waals surface area contributed by atoms with Gasteiger partial charge in [-0.3, -0.25) is 4.79 Å². The van der Waals surface area contributed by atoms with E-state index in [1.165, 1.54) is 12.1 Å². The molecule has 0 aromatic heterocycles. The molecule has 0 radical (unpaired) electrons. The van der Waals surface area contributed by atoms with Crippen molar-refractivity contribution in [3.63, 3.8) is 0 Å². The number of phenolic OH excluding ortho intramolecular Hbond substituents is 1. The second-order valence-electron chi connectivity index (χ2n) is 9.39. The van der Waals surface area contributed by atoms with E-state index in [4.69, 9.17) is 24.4 Å². The molecule has 1 aliphatic heterocycles. The summed E-state index contributed by atoms with van der Waals surface area (Å²) in [6.07, 6.45) is 0.409. The Balaban J connectivity index is 1.42. The van der Waals surface area contributed by atoms with Gasteiger partial charge in [0.15, 0.2) is 24.7 Å². The first-order valence-electron chi connectivity index (χ1n) is 12.7. The SMILES string of the molecule is COc1cc(C2=NN(C(=O)COc3ccc4ccccc4c3)[C@@H](c3ccc(O)cc3)C2)c(C)cc1OCC(=O)O. The second-order valence-corrected chi connectivity index (χ2v) is 9.39. The number of amides is 1. The summed E-state index contributed by atoms with van der Waals surface area (Å²) >= 11 is 0. The van der Waals surface area contributed by atoms with Gasteiger partial charge in [0.1, 0.15) is 11.5 Å². The van der Waals surface area contributed by atoms with Crippen LogP contribution in [-0.4, -0.2) is 53.1 Å². The lowest BCUT2D eigenvalue weighted by Gasteiger charge is -2.22. The third-order valence-corrected chi connectivity index (χ3v) is 6.70. The number of hydrogen-bond acceptors (Lipinski definition) is 7. The summed E-state index contributed by atoms with van der Waals surface area (Å²) in [7, 11) is 1.47. The first-order chi connectivity index (χ1) is 19.3. The zero-order chi connectivity index (χ0) is 28.2. The maximum absolute atomic E-state index is 13.5. The van der Waals surface area contributed by atoms with Gasteiger partial charge in [0, 0.05) is 12.0 Å². The van der Waals surface area contributed by atoms with Crippen LogP contribution in [0.3, 0.4) is 0 Å². The van der Waals surface area contributed by atoms with Crippen LogP contribution in [0.4, 0.5) is 0 Å². The van der Waals surface area contributed by atoms with Crippen molar-refractivity contribution in [3.05, 3.63) is 95.6 Å². The van der Waals surface area contributed by atoms with Crippen LogP contribution >= 0.6 is 0 Å². The molecule has 5 rings (SSSR count). The van der Waals surface area contributed by atoms with E-state index in [9.17, 15) is 14.7 Å². The van der Waals surface area contributed by atoms with E-state index in [-0.39, 0.29) is 18.3 Å². The number of aromatic hydroxyl groups is 1. The third kappa shape index (κ3) is 5.68. The molecule has 4 aromatic carbocycles. The summed E-state index contributed by atoms with van der Waals surface area (Å²) in [4.78, 5) is 24.4. The number of methoxy groups -OCH3 is 1. The quantitative estimate of drug-likeness (QED) is 0.304. The van der Waals surface area contributed by atoms with Crippen LogP contribution in [-0.2, 0) is 9.59 Å². The van der Waals surface area contributed by atoms with Gasteiger partial charge < -0.3 is 24.4 Å². The molecule has 9 nitrogen and oxygen atoms in total. The molecule has 9 heteroatoms. The van der Waals surface area contributed by atoms with Gasteiger partial charge in [-0.25, -0.2) is 9.80 Å². The van der Waals surface area contributed by atoms with Crippen molar-refractivity contribution in [2.24, 2.45) is 5.10 Å². The molecule has 0 bridgehead atoms. The predicted molar refractivity (Wildman–Crippen MR) is 149 cm³/mol. The number of aliphatic carboxylic acids is 1. The Morgan fingerprint density at radius 2 is 1.68 bits per heavy atom. The monoisotopic (exact) mass is 540 g/mol. The molecule has 0 unspecified atom stereocenters. The Bertz CT molecular complexity index is 1600. The molecule has 1 amide bonds. The Morgan fingerprint density at radius 1 is 0.925 bits per heavy atom. The Hall–Kier alpha value is -5.05. The molecule has 1 atom stereocenters. The van der Waals surface area contributed by atoms with Gasteiger partial charge in [-0.05, 0) is 65.2 Å². The van der Waals surface area contributed by atoms with Crippen molar-refractivity contribution in [2.45, 2.75) is 19.4 Å². The van der Waals surface area contributed by atoms with E-state index >= 15 is 0 Å². The molecule has 2 N–H and O–H groups in total. The first kappa shape index (κ1) is 26.6. The molecule has 4 aromatic rings. The molecule has 204 valence electrons. The van der Waals surface area contributed by atoms with Gasteiger partial charge in [0.2, 0.25) is 0 Å². The van der Waals surface area contributed by atoms with E-state index in [1.54, 1.807) is 36.4 Å². The van der Waals surface area contributed by atoms with Gasteiger partial charge in [0.25, 0.3) is 5.91 Å². The molecule has 1 heterocycles. The number of benzene rings is 4. The summed E-state index contributed by atoms with van der Waals surface area (Å²) in [5.74, 6) is -0.0631. The molecule has 1 aliphatic rings.